The largest absolute Gasteiger partial charge is 0.508 e. The van der Waals surface area contributed by atoms with Gasteiger partial charge in [0.15, 0.2) is 0 Å². The normalized spacial score (nSPS) is 26.1. The molecule has 0 spiro atoms. The summed E-state index contributed by atoms with van der Waals surface area (Å²) in [6.45, 7) is 0.142. The molecule has 12 nitrogen and oxygen atoms in total. The number of carboxylic acid groups (broad SMARTS) is 2. The number of nitrogens with one attached hydrogen (secondary N) is 2. The predicted octanol–water partition coefficient (Wildman–Crippen LogP) is -2.04. The number of aromatic amines is 1. The summed E-state index contributed by atoms with van der Waals surface area (Å²) in [6, 6.07) is 5.08. The maximum Gasteiger partial charge on any atom is 0.414 e. The number of benzene rings is 1. The van der Waals surface area contributed by atoms with E-state index in [9.17, 15) is 25.5 Å². The number of phenols is 1. The van der Waals surface area contributed by atoms with E-state index in [1.165, 1.54) is 0 Å². The van der Waals surface area contributed by atoms with Crippen LogP contribution in [0.25, 0.3) is 10.9 Å². The van der Waals surface area contributed by atoms with Gasteiger partial charge in [-0.2, -0.15) is 0 Å². The fourth-order valence-corrected chi connectivity index (χ4v) is 2.91. The molecule has 3 rings (SSSR count). The molecule has 4 unspecified atom stereocenters. The SMILES string of the molecule is O=C(O)C(=O)O.Oc1ccc2[nH]cc(CCNCC3(O)OCC(O)C(O)C3O)c2c1. The van der Waals surface area contributed by atoms with E-state index in [0.717, 1.165) is 16.5 Å². The molecule has 0 radical (unpaired) electrons. The predicted molar refractivity (Wildman–Crippen MR) is 101 cm³/mol. The summed E-state index contributed by atoms with van der Waals surface area (Å²) in [6.07, 6.45) is -1.80. The second kappa shape index (κ2) is 9.84. The third-order valence-corrected chi connectivity index (χ3v) is 4.57. The zero-order chi connectivity index (χ0) is 22.5. The number of carbonyl (C=O) groups is 2. The minimum Gasteiger partial charge on any atom is -0.508 e. The van der Waals surface area contributed by atoms with E-state index in [4.69, 9.17) is 24.5 Å². The Morgan fingerprint density at radius 3 is 2.50 bits per heavy atom. The van der Waals surface area contributed by atoms with Crippen LogP contribution in [0.2, 0.25) is 0 Å². The third kappa shape index (κ3) is 5.66. The number of ether oxygens (including phenoxy) is 1. The van der Waals surface area contributed by atoms with Crippen LogP contribution < -0.4 is 5.32 Å². The van der Waals surface area contributed by atoms with Crippen LogP contribution in [0.5, 0.6) is 5.75 Å². The Morgan fingerprint density at radius 1 is 1.20 bits per heavy atom. The molecular formula is C18H24N2O10. The zero-order valence-corrected chi connectivity index (χ0v) is 15.7. The highest BCUT2D eigenvalue weighted by Gasteiger charge is 2.48. The number of fused-ring (bicyclic) bond motifs is 1. The first kappa shape index (κ1) is 23.5. The smallest absolute Gasteiger partial charge is 0.414 e. The fourth-order valence-electron chi connectivity index (χ4n) is 2.91. The number of aliphatic carboxylic acids is 2. The topological polar surface area (TPSA) is 213 Å². The van der Waals surface area contributed by atoms with Crippen molar-refractivity contribution in [2.75, 3.05) is 19.7 Å². The van der Waals surface area contributed by atoms with E-state index in [0.29, 0.717) is 13.0 Å². The Hall–Kier alpha value is -2.74. The molecule has 1 aliphatic rings. The van der Waals surface area contributed by atoms with Crippen molar-refractivity contribution >= 4 is 22.8 Å². The second-order valence-electron chi connectivity index (χ2n) is 6.74. The summed E-state index contributed by atoms with van der Waals surface area (Å²) in [4.78, 5) is 21.3. The van der Waals surface area contributed by atoms with Crippen molar-refractivity contribution in [2.45, 2.75) is 30.5 Å². The van der Waals surface area contributed by atoms with E-state index in [1.54, 1.807) is 18.2 Å². The van der Waals surface area contributed by atoms with Crippen LogP contribution in [0.4, 0.5) is 0 Å². The summed E-state index contributed by atoms with van der Waals surface area (Å²) in [5, 5.41) is 67.4. The lowest BCUT2D eigenvalue weighted by atomic mass is 9.97. The summed E-state index contributed by atoms with van der Waals surface area (Å²) in [7, 11) is 0. The number of carboxylic acids is 2. The van der Waals surface area contributed by atoms with Gasteiger partial charge in [0.25, 0.3) is 0 Å². The highest BCUT2D eigenvalue weighted by Crippen LogP contribution is 2.24. The maximum atomic E-state index is 10.2. The molecule has 1 aromatic carbocycles. The maximum absolute atomic E-state index is 10.2. The van der Waals surface area contributed by atoms with Gasteiger partial charge in [0.05, 0.1) is 13.2 Å². The number of rotatable bonds is 5. The quantitative estimate of drug-likeness (QED) is 0.187. The molecule has 9 N–H and O–H groups in total. The molecular weight excluding hydrogens is 404 g/mol. The summed E-state index contributed by atoms with van der Waals surface area (Å²) >= 11 is 0. The van der Waals surface area contributed by atoms with Gasteiger partial charge in [0.1, 0.15) is 24.1 Å². The van der Waals surface area contributed by atoms with E-state index >= 15 is 0 Å². The fraction of sp³-hybridized carbons (Fsp3) is 0.444. The molecule has 0 bridgehead atoms. The van der Waals surface area contributed by atoms with Crippen molar-refractivity contribution in [1.29, 1.82) is 0 Å². The first-order valence-corrected chi connectivity index (χ1v) is 8.91. The van der Waals surface area contributed by atoms with Gasteiger partial charge in [0.2, 0.25) is 5.79 Å². The third-order valence-electron chi connectivity index (χ3n) is 4.57. The first-order valence-electron chi connectivity index (χ1n) is 8.91. The molecule has 2 aromatic rings. The Balaban J connectivity index is 0.000000469. The van der Waals surface area contributed by atoms with E-state index in [2.05, 4.69) is 10.3 Å². The van der Waals surface area contributed by atoms with E-state index in [1.807, 2.05) is 6.20 Å². The molecule has 1 fully saturated rings. The van der Waals surface area contributed by atoms with Crippen molar-refractivity contribution in [2.24, 2.45) is 0 Å². The Kier molecular flexibility index (Phi) is 7.72. The summed E-state index contributed by atoms with van der Waals surface area (Å²) < 4.78 is 5.08. The molecule has 0 saturated carbocycles. The molecule has 4 atom stereocenters. The van der Waals surface area contributed by atoms with Gasteiger partial charge >= 0.3 is 11.9 Å². The van der Waals surface area contributed by atoms with Gasteiger partial charge in [-0.15, -0.1) is 0 Å². The number of phenolic OH excluding ortho intramolecular Hbond substituents is 1. The molecule has 30 heavy (non-hydrogen) atoms. The lowest BCUT2D eigenvalue weighted by molar-refractivity contribution is -0.317. The molecule has 1 aromatic heterocycles. The van der Waals surface area contributed by atoms with Crippen LogP contribution in [-0.4, -0.2) is 96.5 Å². The Morgan fingerprint density at radius 2 is 1.87 bits per heavy atom. The van der Waals surface area contributed by atoms with Crippen LogP contribution in [0.3, 0.4) is 0 Å². The molecule has 0 amide bonds. The number of hydrogen-bond donors (Lipinski definition) is 9. The molecule has 166 valence electrons. The van der Waals surface area contributed by atoms with Gasteiger partial charge < -0.3 is 50.8 Å². The summed E-state index contributed by atoms with van der Waals surface area (Å²) in [5.74, 6) is -5.40. The number of H-pyrrole nitrogens is 1. The molecule has 12 heteroatoms. The number of aromatic nitrogens is 1. The number of hydrogen-bond acceptors (Lipinski definition) is 9. The van der Waals surface area contributed by atoms with Gasteiger partial charge in [-0.25, -0.2) is 9.59 Å². The van der Waals surface area contributed by atoms with Crippen LogP contribution in [-0.2, 0) is 20.7 Å². The minimum absolute atomic E-state index is 0.0917. The lowest BCUT2D eigenvalue weighted by Gasteiger charge is -2.41. The number of aliphatic hydroxyl groups is 4. The molecule has 0 aliphatic carbocycles. The van der Waals surface area contributed by atoms with Gasteiger partial charge in [-0.05, 0) is 36.7 Å². The van der Waals surface area contributed by atoms with Crippen molar-refractivity contribution in [3.05, 3.63) is 30.0 Å². The lowest BCUT2D eigenvalue weighted by Crippen LogP contribution is -2.64. The van der Waals surface area contributed by atoms with Crippen LogP contribution in [0, 0.1) is 0 Å². The van der Waals surface area contributed by atoms with Crippen molar-refractivity contribution in [3.8, 4) is 5.75 Å². The number of aromatic hydroxyl groups is 1. The molecule has 2 heterocycles. The number of aliphatic hydroxyl groups excluding tert-OH is 3. The Labute approximate surface area is 170 Å². The first-order chi connectivity index (χ1) is 14.0. The van der Waals surface area contributed by atoms with Crippen molar-refractivity contribution in [1.82, 2.24) is 10.3 Å². The standard InChI is InChI=1S/C16H22N2O6.C2H2O4/c19-10-1-2-12-11(5-10)9(6-18-12)3-4-17-8-16(23)15(22)14(21)13(20)7-24-16;3-1(4)2(5)6/h1-2,5-6,13-15,17-23H,3-4,7-8H2;(H,3,4)(H,5,6). The van der Waals surface area contributed by atoms with Crippen molar-refractivity contribution in [3.63, 3.8) is 0 Å². The van der Waals surface area contributed by atoms with Crippen LogP contribution in [0.1, 0.15) is 5.56 Å². The van der Waals surface area contributed by atoms with Crippen LogP contribution in [0.15, 0.2) is 24.4 Å². The van der Waals surface area contributed by atoms with Crippen molar-refractivity contribution < 1.29 is 50.1 Å². The van der Waals surface area contributed by atoms with Gasteiger partial charge in [-0.3, -0.25) is 0 Å². The second-order valence-corrected chi connectivity index (χ2v) is 6.74. The van der Waals surface area contributed by atoms with Gasteiger partial charge in [0, 0.05) is 17.1 Å². The summed E-state index contributed by atoms with van der Waals surface area (Å²) in [5.41, 5.74) is 1.92. The zero-order valence-electron chi connectivity index (χ0n) is 15.7. The molecule has 1 aliphatic heterocycles. The van der Waals surface area contributed by atoms with E-state index < -0.39 is 36.0 Å². The minimum atomic E-state index is -1.95. The van der Waals surface area contributed by atoms with Gasteiger partial charge in [-0.1, -0.05) is 0 Å². The van der Waals surface area contributed by atoms with Crippen LogP contribution >= 0.6 is 0 Å². The Bertz CT molecular complexity index is 873. The highest BCUT2D eigenvalue weighted by molar-refractivity contribution is 6.27. The highest BCUT2D eigenvalue weighted by atomic mass is 16.6. The molecule has 1 saturated heterocycles. The van der Waals surface area contributed by atoms with E-state index in [-0.39, 0.29) is 18.9 Å². The average molecular weight is 428 g/mol. The average Bonchev–Trinajstić information content (AvgIpc) is 3.09. The monoisotopic (exact) mass is 428 g/mol.